The quantitative estimate of drug-likeness (QED) is 0.717. The summed E-state index contributed by atoms with van der Waals surface area (Å²) in [5.41, 5.74) is 6.86. The van der Waals surface area contributed by atoms with Crippen LogP contribution in [0.5, 0.6) is 0 Å². The summed E-state index contributed by atoms with van der Waals surface area (Å²) in [7, 11) is -3.60. The van der Waals surface area contributed by atoms with Gasteiger partial charge in [-0.3, -0.25) is 9.69 Å². The molecule has 0 saturated carbocycles. The number of sulfone groups is 1. The molecule has 3 saturated heterocycles. The summed E-state index contributed by atoms with van der Waals surface area (Å²) >= 11 is 0. The van der Waals surface area contributed by atoms with E-state index in [1.807, 2.05) is 17.0 Å². The molecule has 1 aromatic rings. The summed E-state index contributed by atoms with van der Waals surface area (Å²) in [6.07, 6.45) is 3.46. The van der Waals surface area contributed by atoms with Crippen molar-refractivity contribution in [3.8, 4) is 0 Å². The molecule has 160 valence electrons. The molecule has 3 fully saturated rings. The molecule has 0 aromatic carbocycles. The molecule has 1 unspecified atom stereocenters. The molecule has 3 atom stereocenters. The third-order valence-electron chi connectivity index (χ3n) is 6.71. The van der Waals surface area contributed by atoms with Crippen LogP contribution in [0.3, 0.4) is 0 Å². The van der Waals surface area contributed by atoms with Crippen LogP contribution in [0.25, 0.3) is 0 Å². The standard InChI is InChI=1S/C20H30N4O4S/c1-20(2)19(25)24(10-14-5-8-28-9-6-14)16-12-23(13-17(16)29(20,26)27)11-15-4-3-7-22-18(15)21/h3-4,7,14,16-17H,5-6,8-13H2,1-2H3,(H2-,21,22,26,27)/t16-,17+/m0/s1. The van der Waals surface area contributed by atoms with Crippen molar-refractivity contribution in [3.05, 3.63) is 23.9 Å². The Bertz CT molecular complexity index is 826. The molecule has 8 nitrogen and oxygen atoms in total. The highest BCUT2D eigenvalue weighted by Gasteiger charge is 2.63. The summed E-state index contributed by atoms with van der Waals surface area (Å²) in [4.78, 5) is 21.3. The molecule has 0 radical (unpaired) electrons. The van der Waals surface area contributed by atoms with Gasteiger partial charge in [0.2, 0.25) is 4.75 Å². The number of hydrogen-bond acceptors (Lipinski definition) is 7. The number of anilines is 1. The van der Waals surface area contributed by atoms with Crippen LogP contribution in [0.4, 0.5) is 5.82 Å². The third-order valence-corrected chi connectivity index (χ3v) is 9.57. The molecule has 1 aromatic heterocycles. The second-order valence-corrected chi connectivity index (χ2v) is 11.6. The maximum Gasteiger partial charge on any atom is 0.278 e. The predicted molar refractivity (Wildman–Crippen MR) is 110 cm³/mol. The van der Waals surface area contributed by atoms with Crippen molar-refractivity contribution in [2.75, 3.05) is 38.6 Å². The Hall–Kier alpha value is -1.55. The molecular formula is C20H30N4O4S. The van der Waals surface area contributed by atoms with Crippen LogP contribution in [0, 0.1) is 5.92 Å². The number of nitrogens with zero attached hydrogens (tertiary/aromatic N) is 3. The van der Waals surface area contributed by atoms with Crippen molar-refractivity contribution in [1.82, 2.24) is 14.8 Å². The summed E-state index contributed by atoms with van der Waals surface area (Å²) in [5, 5.41) is -0.576. The first kappa shape index (κ1) is 20.7. The number of likely N-dealkylation sites (tertiary alicyclic amines) is 1. The lowest BCUT2D eigenvalue weighted by Gasteiger charge is -2.48. The molecule has 0 spiro atoms. The van der Waals surface area contributed by atoms with Crippen molar-refractivity contribution < 1.29 is 18.3 Å². The van der Waals surface area contributed by atoms with E-state index in [4.69, 9.17) is 10.5 Å². The lowest BCUT2D eigenvalue weighted by Crippen LogP contribution is -2.68. The van der Waals surface area contributed by atoms with Gasteiger partial charge in [-0.1, -0.05) is 6.07 Å². The number of nitrogens with two attached hydrogens (primary N) is 1. The van der Waals surface area contributed by atoms with Gasteiger partial charge >= 0.3 is 0 Å². The van der Waals surface area contributed by atoms with E-state index in [-0.39, 0.29) is 11.9 Å². The number of hydrogen-bond donors (Lipinski definition) is 1. The van der Waals surface area contributed by atoms with Crippen LogP contribution < -0.4 is 5.73 Å². The number of nitrogen functional groups attached to an aromatic ring is 1. The van der Waals surface area contributed by atoms with Gasteiger partial charge in [0.05, 0.1) is 16.3 Å². The van der Waals surface area contributed by atoms with E-state index in [0.717, 1.165) is 18.4 Å². The Labute approximate surface area is 173 Å². The van der Waals surface area contributed by atoms with Gasteiger partial charge < -0.3 is 19.9 Å². The average Bonchev–Trinajstić information content (AvgIpc) is 3.12. The Morgan fingerprint density at radius 1 is 1.34 bits per heavy atom. The van der Waals surface area contributed by atoms with E-state index >= 15 is 0 Å². The fourth-order valence-corrected chi connectivity index (χ4v) is 6.98. The number of ether oxygens (including phenoxy) is 1. The Morgan fingerprint density at radius 2 is 2.07 bits per heavy atom. The summed E-state index contributed by atoms with van der Waals surface area (Å²) in [5.74, 6) is 0.543. The van der Waals surface area contributed by atoms with Gasteiger partial charge in [0.15, 0.2) is 5.25 Å². The van der Waals surface area contributed by atoms with Crippen LogP contribution in [-0.2, 0) is 30.5 Å². The summed E-state index contributed by atoms with van der Waals surface area (Å²) in [6, 6.07) is 3.42. The minimum atomic E-state index is -3.60. The number of fused-ring (bicyclic) bond motifs is 1. The van der Waals surface area contributed by atoms with Crippen molar-refractivity contribution in [2.24, 2.45) is 5.92 Å². The third kappa shape index (κ3) is 3.58. The van der Waals surface area contributed by atoms with E-state index in [1.165, 1.54) is 0 Å². The molecule has 3 aliphatic rings. The Balaban J connectivity index is 1.59. The van der Waals surface area contributed by atoms with E-state index in [2.05, 4.69) is 9.88 Å². The zero-order valence-electron chi connectivity index (χ0n) is 17.1. The van der Waals surface area contributed by atoms with Crippen LogP contribution in [0.15, 0.2) is 18.3 Å². The normalized spacial score (nSPS) is 33.1. The second kappa shape index (κ2) is 7.61. The number of pyridine rings is 1. The molecular weight excluding hydrogens is 392 g/mol. The van der Waals surface area contributed by atoms with Crippen LogP contribution in [0.2, 0.25) is 0 Å². The SMILES string of the molecule is CC1(C)C(=O)N(CC2CCOCC2)[C@H]2CN(Cc3cccnc3N)C[C@H]2[S+]1(=O)[O-]. The molecule has 2 N–H and O–H groups in total. The fraction of sp³-hybridized carbons (Fsp3) is 0.700. The average molecular weight is 423 g/mol. The fourth-order valence-electron chi connectivity index (χ4n) is 4.81. The van der Waals surface area contributed by atoms with Crippen molar-refractivity contribution in [2.45, 2.75) is 49.3 Å². The number of amides is 1. The molecule has 0 aliphatic carbocycles. The molecule has 9 heteroatoms. The van der Waals surface area contributed by atoms with E-state index < -0.39 is 20.2 Å². The molecule has 29 heavy (non-hydrogen) atoms. The first-order valence-electron chi connectivity index (χ1n) is 10.3. The van der Waals surface area contributed by atoms with E-state index in [9.17, 15) is 13.6 Å². The van der Waals surface area contributed by atoms with Crippen molar-refractivity contribution in [1.29, 1.82) is 0 Å². The number of carbonyl (C=O) groups is 1. The highest BCUT2D eigenvalue weighted by Crippen LogP contribution is 2.41. The predicted octanol–water partition coefficient (Wildman–Crippen LogP) is 0.894. The summed E-state index contributed by atoms with van der Waals surface area (Å²) in [6.45, 7) is 6.59. The van der Waals surface area contributed by atoms with Gasteiger partial charge in [0, 0.05) is 51.2 Å². The van der Waals surface area contributed by atoms with Gasteiger partial charge in [-0.25, -0.2) is 4.98 Å². The minimum absolute atomic E-state index is 0.270. The first-order valence-corrected chi connectivity index (χ1v) is 11.8. The highest BCUT2D eigenvalue weighted by molar-refractivity contribution is 8.00. The first-order chi connectivity index (χ1) is 13.7. The Morgan fingerprint density at radius 3 is 2.76 bits per heavy atom. The molecule has 4 heterocycles. The zero-order chi connectivity index (χ0) is 20.8. The number of aromatic nitrogens is 1. The molecule has 4 rings (SSSR count). The maximum atomic E-state index is 13.3. The van der Waals surface area contributed by atoms with Crippen LogP contribution >= 0.6 is 0 Å². The second-order valence-electron chi connectivity index (χ2n) is 8.92. The number of carbonyl (C=O) groups excluding carboxylic acids is 1. The van der Waals surface area contributed by atoms with Crippen molar-refractivity contribution >= 4 is 21.9 Å². The van der Waals surface area contributed by atoms with Gasteiger partial charge in [-0.15, -0.1) is 4.21 Å². The molecule has 0 bridgehead atoms. The molecule has 1 amide bonds. The molecule has 3 aliphatic heterocycles. The van der Waals surface area contributed by atoms with Crippen molar-refractivity contribution in [3.63, 3.8) is 0 Å². The van der Waals surface area contributed by atoms with Gasteiger partial charge in [-0.2, -0.15) is 0 Å². The largest absolute Gasteiger partial charge is 0.614 e. The maximum absolute atomic E-state index is 13.3. The summed E-state index contributed by atoms with van der Waals surface area (Å²) < 4.78 is 30.6. The van der Waals surface area contributed by atoms with Gasteiger partial charge in [0.25, 0.3) is 5.91 Å². The van der Waals surface area contributed by atoms with Crippen LogP contribution in [0.1, 0.15) is 32.3 Å². The smallest absolute Gasteiger partial charge is 0.278 e. The highest BCUT2D eigenvalue weighted by atomic mass is 32.3. The van der Waals surface area contributed by atoms with Gasteiger partial charge in [-0.05, 0) is 38.7 Å². The zero-order valence-corrected chi connectivity index (χ0v) is 17.9. The monoisotopic (exact) mass is 422 g/mol. The lowest BCUT2D eigenvalue weighted by atomic mass is 9.97. The van der Waals surface area contributed by atoms with Gasteiger partial charge in [0.1, 0.15) is 5.82 Å². The number of rotatable bonds is 4. The Kier molecular flexibility index (Phi) is 5.43. The minimum Gasteiger partial charge on any atom is -0.614 e. The van der Waals surface area contributed by atoms with Crippen LogP contribution in [-0.4, -0.2) is 74.1 Å². The topological polar surface area (TPSA) is 112 Å². The lowest BCUT2D eigenvalue weighted by molar-refractivity contribution is -0.137. The van der Waals surface area contributed by atoms with E-state index in [0.29, 0.717) is 51.1 Å². The van der Waals surface area contributed by atoms with E-state index in [1.54, 1.807) is 20.0 Å².